The Bertz CT molecular complexity index is 635. The van der Waals surface area contributed by atoms with Crippen LogP contribution in [0.15, 0.2) is 48.5 Å². The lowest BCUT2D eigenvalue weighted by Crippen LogP contribution is -2.34. The largest absolute Gasteiger partial charge is 0.474 e. The normalized spacial score (nSPS) is 11.8. The maximum Gasteiger partial charge on any atom is 0.265 e. The second kappa shape index (κ2) is 8.03. The Labute approximate surface area is 138 Å². The maximum absolute atomic E-state index is 12.3. The molecule has 0 aliphatic heterocycles. The van der Waals surface area contributed by atoms with Crippen LogP contribution in [-0.2, 0) is 4.79 Å². The van der Waals surface area contributed by atoms with Gasteiger partial charge in [0.15, 0.2) is 0 Å². The van der Waals surface area contributed by atoms with Crippen LogP contribution >= 0.6 is 23.2 Å². The van der Waals surface area contributed by atoms with Crippen LogP contribution in [0.1, 0.15) is 11.7 Å². The van der Waals surface area contributed by atoms with Crippen molar-refractivity contribution in [2.75, 3.05) is 13.2 Å². The zero-order valence-corrected chi connectivity index (χ0v) is 13.1. The summed E-state index contributed by atoms with van der Waals surface area (Å²) in [6.07, 6.45) is -0.885. The lowest BCUT2D eigenvalue weighted by atomic mass is 10.1. The van der Waals surface area contributed by atoms with Gasteiger partial charge in [0.05, 0.1) is 11.6 Å². The molecule has 0 bridgehead atoms. The van der Waals surface area contributed by atoms with E-state index in [1.54, 1.807) is 30.3 Å². The fourth-order valence-electron chi connectivity index (χ4n) is 1.87. The topological polar surface area (TPSA) is 58.6 Å². The summed E-state index contributed by atoms with van der Waals surface area (Å²) in [6, 6.07) is 14.0. The number of carbonyl (C=O) groups is 1. The number of nitrogens with one attached hydrogen (secondary N) is 1. The number of hydrogen-bond acceptors (Lipinski definition) is 3. The predicted octanol–water partition coefficient (Wildman–Crippen LogP) is 3.22. The van der Waals surface area contributed by atoms with E-state index >= 15 is 0 Å². The molecule has 2 aromatic carbocycles. The van der Waals surface area contributed by atoms with Crippen molar-refractivity contribution in [3.63, 3.8) is 0 Å². The van der Waals surface area contributed by atoms with Gasteiger partial charge in [0.1, 0.15) is 10.8 Å². The van der Waals surface area contributed by atoms with E-state index in [9.17, 15) is 4.79 Å². The molecule has 0 fully saturated rings. The van der Waals surface area contributed by atoms with Gasteiger partial charge in [0.25, 0.3) is 5.91 Å². The molecule has 116 valence electrons. The highest BCUT2D eigenvalue weighted by Gasteiger charge is 2.23. The third-order valence-corrected chi connectivity index (χ3v) is 3.71. The first kappa shape index (κ1) is 16.6. The van der Waals surface area contributed by atoms with Crippen LogP contribution in [0.25, 0.3) is 0 Å². The number of amides is 1. The Kier molecular flexibility index (Phi) is 6.07. The summed E-state index contributed by atoms with van der Waals surface area (Å²) >= 11 is 12.1. The molecule has 22 heavy (non-hydrogen) atoms. The first-order valence-corrected chi connectivity index (χ1v) is 7.43. The number of ether oxygens (including phenoxy) is 1. The SMILES string of the molecule is O=C(NCCO)C(Oc1cccc(Cl)c1Cl)c1ccccc1. The van der Waals surface area contributed by atoms with Gasteiger partial charge in [-0.1, -0.05) is 59.6 Å². The maximum atomic E-state index is 12.3. The Hall–Kier alpha value is -1.75. The predicted molar refractivity (Wildman–Crippen MR) is 86.4 cm³/mol. The molecule has 2 rings (SSSR count). The molecule has 0 aromatic heterocycles. The van der Waals surface area contributed by atoms with Crippen molar-refractivity contribution < 1.29 is 14.6 Å². The summed E-state index contributed by atoms with van der Waals surface area (Å²) in [7, 11) is 0. The fourth-order valence-corrected chi connectivity index (χ4v) is 2.21. The lowest BCUT2D eigenvalue weighted by Gasteiger charge is -2.20. The van der Waals surface area contributed by atoms with Gasteiger partial charge in [-0.05, 0) is 12.1 Å². The molecule has 1 unspecified atom stereocenters. The van der Waals surface area contributed by atoms with Gasteiger partial charge < -0.3 is 15.2 Å². The molecule has 0 saturated heterocycles. The molecule has 1 atom stereocenters. The minimum atomic E-state index is -0.885. The second-order valence-electron chi connectivity index (χ2n) is 4.48. The number of aliphatic hydroxyl groups is 1. The summed E-state index contributed by atoms with van der Waals surface area (Å²) in [5, 5.41) is 12.0. The van der Waals surface area contributed by atoms with Crippen molar-refractivity contribution in [3.8, 4) is 5.75 Å². The van der Waals surface area contributed by atoms with Crippen LogP contribution in [0, 0.1) is 0 Å². The Morgan fingerprint density at radius 3 is 2.55 bits per heavy atom. The van der Waals surface area contributed by atoms with Gasteiger partial charge in [0, 0.05) is 12.1 Å². The lowest BCUT2D eigenvalue weighted by molar-refractivity contribution is -0.128. The summed E-state index contributed by atoms with van der Waals surface area (Å²) in [6.45, 7) is -0.0000239. The minimum Gasteiger partial charge on any atom is -0.474 e. The number of halogens is 2. The van der Waals surface area contributed by atoms with E-state index in [0.717, 1.165) is 0 Å². The molecular formula is C16H15Cl2NO3. The average Bonchev–Trinajstić information content (AvgIpc) is 2.55. The zero-order chi connectivity index (χ0) is 15.9. The average molecular weight is 340 g/mol. The third-order valence-electron chi connectivity index (χ3n) is 2.91. The van der Waals surface area contributed by atoms with Gasteiger partial charge in [-0.25, -0.2) is 0 Å². The van der Waals surface area contributed by atoms with Crippen molar-refractivity contribution in [2.24, 2.45) is 0 Å². The molecule has 0 aliphatic carbocycles. The standard InChI is InChI=1S/C16H15Cl2NO3/c17-12-7-4-8-13(14(12)18)22-15(16(21)19-9-10-20)11-5-2-1-3-6-11/h1-8,15,20H,9-10H2,(H,19,21). The second-order valence-corrected chi connectivity index (χ2v) is 5.26. The smallest absolute Gasteiger partial charge is 0.265 e. The van der Waals surface area contributed by atoms with Crippen LogP contribution in [-0.4, -0.2) is 24.2 Å². The van der Waals surface area contributed by atoms with Gasteiger partial charge in [-0.3, -0.25) is 4.79 Å². The molecule has 0 radical (unpaired) electrons. The van der Waals surface area contributed by atoms with Crippen LogP contribution in [0.5, 0.6) is 5.75 Å². The third kappa shape index (κ3) is 4.13. The summed E-state index contributed by atoms with van der Waals surface area (Å²) in [5.74, 6) is -0.0431. The quantitative estimate of drug-likeness (QED) is 0.849. The molecule has 4 nitrogen and oxygen atoms in total. The number of aliphatic hydroxyl groups excluding tert-OH is 1. The molecule has 0 spiro atoms. The van der Waals surface area contributed by atoms with Crippen LogP contribution in [0.2, 0.25) is 10.0 Å². The Morgan fingerprint density at radius 1 is 1.14 bits per heavy atom. The Morgan fingerprint density at radius 2 is 1.86 bits per heavy atom. The first-order chi connectivity index (χ1) is 10.6. The number of carbonyl (C=O) groups excluding carboxylic acids is 1. The van der Waals surface area contributed by atoms with E-state index in [4.69, 9.17) is 33.0 Å². The number of hydrogen-bond donors (Lipinski definition) is 2. The van der Waals surface area contributed by atoms with Gasteiger partial charge in [-0.15, -0.1) is 0 Å². The number of benzene rings is 2. The van der Waals surface area contributed by atoms with E-state index < -0.39 is 6.10 Å². The van der Waals surface area contributed by atoms with Crippen LogP contribution in [0.3, 0.4) is 0 Å². The molecule has 0 saturated carbocycles. The summed E-state index contributed by atoms with van der Waals surface area (Å²) in [4.78, 5) is 12.3. The molecule has 0 heterocycles. The number of rotatable bonds is 6. The first-order valence-electron chi connectivity index (χ1n) is 6.67. The molecule has 6 heteroatoms. The highest BCUT2D eigenvalue weighted by atomic mass is 35.5. The van der Waals surface area contributed by atoms with Crippen molar-refractivity contribution in [1.29, 1.82) is 0 Å². The molecule has 2 N–H and O–H groups in total. The Balaban J connectivity index is 2.28. The van der Waals surface area contributed by atoms with Crippen LogP contribution < -0.4 is 10.1 Å². The zero-order valence-electron chi connectivity index (χ0n) is 11.6. The van der Waals surface area contributed by atoms with E-state index in [2.05, 4.69) is 5.32 Å². The van der Waals surface area contributed by atoms with Gasteiger partial charge in [-0.2, -0.15) is 0 Å². The monoisotopic (exact) mass is 339 g/mol. The van der Waals surface area contributed by atoms with Crippen molar-refractivity contribution >= 4 is 29.1 Å². The van der Waals surface area contributed by atoms with E-state index in [-0.39, 0.29) is 24.1 Å². The fraction of sp³-hybridized carbons (Fsp3) is 0.188. The highest BCUT2D eigenvalue weighted by molar-refractivity contribution is 6.42. The molecule has 1 amide bonds. The van der Waals surface area contributed by atoms with Crippen molar-refractivity contribution in [2.45, 2.75) is 6.10 Å². The highest BCUT2D eigenvalue weighted by Crippen LogP contribution is 2.34. The van der Waals surface area contributed by atoms with Crippen molar-refractivity contribution in [3.05, 3.63) is 64.1 Å². The summed E-state index contributed by atoms with van der Waals surface area (Å²) in [5.41, 5.74) is 0.675. The van der Waals surface area contributed by atoms with E-state index in [0.29, 0.717) is 16.3 Å². The molecule has 0 aliphatic rings. The summed E-state index contributed by atoms with van der Waals surface area (Å²) < 4.78 is 5.76. The molecule has 2 aromatic rings. The van der Waals surface area contributed by atoms with E-state index in [1.165, 1.54) is 0 Å². The van der Waals surface area contributed by atoms with Gasteiger partial charge >= 0.3 is 0 Å². The van der Waals surface area contributed by atoms with E-state index in [1.807, 2.05) is 18.2 Å². The molecular weight excluding hydrogens is 325 g/mol. The minimum absolute atomic E-state index is 0.148. The van der Waals surface area contributed by atoms with Crippen molar-refractivity contribution in [1.82, 2.24) is 5.32 Å². The van der Waals surface area contributed by atoms with Crippen LogP contribution in [0.4, 0.5) is 0 Å². The van der Waals surface area contributed by atoms with Gasteiger partial charge in [0.2, 0.25) is 6.10 Å².